The van der Waals surface area contributed by atoms with Crippen molar-refractivity contribution < 1.29 is 34.1 Å². The molecular weight excluding hydrogens is 849 g/mol. The second kappa shape index (κ2) is 21.7. The average molecular weight is 901 g/mol. The molecule has 6 aromatic rings. The zero-order valence-corrected chi connectivity index (χ0v) is 37.5. The van der Waals surface area contributed by atoms with Crippen molar-refractivity contribution in [3.8, 4) is 17.2 Å². The van der Waals surface area contributed by atoms with Gasteiger partial charge in [-0.25, -0.2) is 4.79 Å². The van der Waals surface area contributed by atoms with Gasteiger partial charge in [-0.15, -0.1) is 11.8 Å². The number of ether oxygens (including phenoxy) is 1. The molecule has 1 aliphatic carbocycles. The lowest BCUT2D eigenvalue weighted by atomic mass is 9.84. The van der Waals surface area contributed by atoms with Crippen LogP contribution in [0.2, 0.25) is 0 Å². The molecule has 0 heterocycles. The van der Waals surface area contributed by atoms with Gasteiger partial charge in [0.05, 0.1) is 34.9 Å². The summed E-state index contributed by atoms with van der Waals surface area (Å²) in [6, 6.07) is 50.7. The first kappa shape index (κ1) is 46.8. The van der Waals surface area contributed by atoms with Gasteiger partial charge in [0.25, 0.3) is 0 Å². The molecule has 5 N–H and O–H groups in total. The topological polar surface area (TPSA) is 178 Å². The summed E-state index contributed by atoms with van der Waals surface area (Å²) in [5.74, 6) is -3.24. The van der Waals surface area contributed by atoms with Gasteiger partial charge in [-0.2, -0.15) is 5.26 Å². The van der Waals surface area contributed by atoms with Gasteiger partial charge in [0.1, 0.15) is 18.7 Å². The highest BCUT2D eigenvalue weighted by molar-refractivity contribution is 8.00. The molecule has 11 nitrogen and oxygen atoms in total. The Labute approximate surface area is 389 Å². The third-order valence-corrected chi connectivity index (χ3v) is 13.6. The van der Waals surface area contributed by atoms with Crippen molar-refractivity contribution >= 4 is 35.6 Å². The van der Waals surface area contributed by atoms with Crippen LogP contribution >= 0.6 is 11.8 Å². The Morgan fingerprint density at radius 2 is 1.20 bits per heavy atom. The summed E-state index contributed by atoms with van der Waals surface area (Å²) < 4.78 is 4.99. The van der Waals surface area contributed by atoms with Crippen LogP contribution in [0.5, 0.6) is 0 Å². The number of nitrogens with zero attached hydrogens (tertiary/aromatic N) is 1. The largest absolute Gasteiger partial charge is 0.481 e. The lowest BCUT2D eigenvalue weighted by Gasteiger charge is -2.37. The first-order valence-corrected chi connectivity index (χ1v) is 22.9. The number of amides is 3. The van der Waals surface area contributed by atoms with Crippen LogP contribution in [0.25, 0.3) is 11.1 Å². The molecule has 0 radical (unpaired) electrons. The minimum Gasteiger partial charge on any atom is -0.481 e. The maximum Gasteiger partial charge on any atom is 0.407 e. The van der Waals surface area contributed by atoms with Gasteiger partial charge in [-0.05, 0) is 62.6 Å². The first-order valence-electron chi connectivity index (χ1n) is 21.9. The molecule has 0 unspecified atom stereocenters. The molecule has 0 aromatic heterocycles. The van der Waals surface area contributed by atoms with E-state index in [2.05, 4.69) is 22.0 Å². The molecule has 0 aliphatic heterocycles. The summed E-state index contributed by atoms with van der Waals surface area (Å²) in [6.07, 6.45) is -2.94. The van der Waals surface area contributed by atoms with Crippen molar-refractivity contribution in [2.24, 2.45) is 5.92 Å². The van der Waals surface area contributed by atoms with E-state index in [1.165, 1.54) is 11.8 Å². The number of hydrogen-bond acceptors (Lipinski definition) is 8. The molecule has 3 amide bonds. The number of nitrogens with one attached hydrogen (secondary N) is 3. The second-order valence-electron chi connectivity index (χ2n) is 16.6. The number of carboxylic acids is 1. The van der Waals surface area contributed by atoms with E-state index in [1.54, 1.807) is 38.1 Å². The predicted molar refractivity (Wildman–Crippen MR) is 255 cm³/mol. The number of rotatable bonds is 19. The van der Waals surface area contributed by atoms with E-state index in [0.29, 0.717) is 11.1 Å². The van der Waals surface area contributed by atoms with Crippen molar-refractivity contribution in [2.75, 3.05) is 12.4 Å². The molecular formula is C54H52N4O7S. The summed E-state index contributed by atoms with van der Waals surface area (Å²) in [6.45, 7) is 3.51. The van der Waals surface area contributed by atoms with Crippen LogP contribution in [0.4, 0.5) is 4.79 Å². The minimum atomic E-state index is -1.43. The van der Waals surface area contributed by atoms with Gasteiger partial charge in [0, 0.05) is 18.1 Å². The van der Waals surface area contributed by atoms with Crippen LogP contribution in [0.3, 0.4) is 0 Å². The molecule has 12 heteroatoms. The number of thioether (sulfide) groups is 1. The number of benzene rings is 6. The van der Waals surface area contributed by atoms with Gasteiger partial charge < -0.3 is 30.9 Å². The van der Waals surface area contributed by atoms with Gasteiger partial charge >= 0.3 is 12.1 Å². The van der Waals surface area contributed by atoms with E-state index in [1.807, 2.05) is 140 Å². The number of hydrogen-bond donors (Lipinski definition) is 5. The number of carbonyl (C=O) groups is 4. The summed E-state index contributed by atoms with van der Waals surface area (Å²) in [5, 5.41) is 38.9. The fraction of sp³-hybridized carbons (Fsp3) is 0.241. The zero-order valence-electron chi connectivity index (χ0n) is 36.7. The summed E-state index contributed by atoms with van der Waals surface area (Å²) in [4.78, 5) is 55.1. The van der Waals surface area contributed by atoms with Crippen molar-refractivity contribution in [3.05, 3.63) is 203 Å². The molecule has 1 aliphatic rings. The van der Waals surface area contributed by atoms with Crippen LogP contribution < -0.4 is 16.0 Å². The van der Waals surface area contributed by atoms with Crippen molar-refractivity contribution in [1.82, 2.24) is 16.0 Å². The van der Waals surface area contributed by atoms with E-state index in [0.717, 1.165) is 38.9 Å². The summed E-state index contributed by atoms with van der Waals surface area (Å²) in [5.41, 5.74) is 7.86. The third-order valence-electron chi connectivity index (χ3n) is 11.9. The fourth-order valence-electron chi connectivity index (χ4n) is 8.71. The van der Waals surface area contributed by atoms with E-state index in [4.69, 9.17) is 4.74 Å². The maximum absolute atomic E-state index is 14.8. The quantitative estimate of drug-likeness (QED) is 0.0502. The Morgan fingerprint density at radius 1 is 0.682 bits per heavy atom. The number of carboxylic acid groups (broad SMARTS) is 1. The van der Waals surface area contributed by atoms with Crippen LogP contribution in [0.15, 0.2) is 164 Å². The zero-order chi connectivity index (χ0) is 46.6. The van der Waals surface area contributed by atoms with Gasteiger partial charge in [-0.1, -0.05) is 166 Å². The molecule has 6 aromatic carbocycles. The Kier molecular flexibility index (Phi) is 15.3. The fourth-order valence-corrected chi connectivity index (χ4v) is 10.3. The van der Waals surface area contributed by atoms with Crippen molar-refractivity contribution in [3.63, 3.8) is 0 Å². The highest BCUT2D eigenvalue weighted by atomic mass is 32.2. The smallest absolute Gasteiger partial charge is 0.407 e. The monoisotopic (exact) mass is 900 g/mol. The number of aliphatic hydroxyl groups is 1. The Bertz CT molecular complexity index is 2530. The van der Waals surface area contributed by atoms with Gasteiger partial charge in [0.2, 0.25) is 11.8 Å². The summed E-state index contributed by atoms with van der Waals surface area (Å²) >= 11 is 1.43. The Hall–Kier alpha value is -7.20. The maximum atomic E-state index is 14.8. The lowest BCUT2D eigenvalue weighted by Crippen LogP contribution is -2.58. The molecule has 4 atom stereocenters. The molecule has 0 fully saturated rings. The number of aliphatic hydroxyl groups excluding tert-OH is 1. The number of nitriles is 1. The van der Waals surface area contributed by atoms with E-state index in [-0.39, 0.29) is 30.6 Å². The highest BCUT2D eigenvalue weighted by Crippen LogP contribution is 2.49. The Balaban J connectivity index is 1.22. The third kappa shape index (κ3) is 10.8. The molecule has 0 saturated carbocycles. The van der Waals surface area contributed by atoms with Crippen LogP contribution in [-0.4, -0.2) is 70.7 Å². The number of aliphatic carboxylic acids is 1. The minimum absolute atomic E-state index is 0.00438. The van der Waals surface area contributed by atoms with E-state index < -0.39 is 59.3 Å². The number of alkyl carbamates (subject to hydrolysis) is 1. The van der Waals surface area contributed by atoms with E-state index >= 15 is 0 Å². The number of carbonyl (C=O) groups excluding carboxylic acids is 3. The highest BCUT2D eigenvalue weighted by Gasteiger charge is 2.40. The van der Waals surface area contributed by atoms with Crippen LogP contribution in [0, 0.1) is 17.2 Å². The average Bonchev–Trinajstić information content (AvgIpc) is 3.66. The van der Waals surface area contributed by atoms with Crippen LogP contribution in [-0.2, 0) is 30.3 Å². The molecule has 336 valence electrons. The van der Waals surface area contributed by atoms with Gasteiger partial charge in [0.15, 0.2) is 0 Å². The second-order valence-corrected chi connectivity index (χ2v) is 17.9. The molecule has 66 heavy (non-hydrogen) atoms. The van der Waals surface area contributed by atoms with E-state index in [9.17, 15) is 34.7 Å². The standard InChI is InChI=1S/C54H52N4O7S/c1-35(2)50(48(59)31-49(60)61)58-52(63)47(34-66-54(38-19-6-3-7-20-38,39-21-8-4-9-22-39)40-23-10-5-11-24-40)56-51(62)46(30-36-17-16-18-37(29-36)32-55)57-53(64)65-33-45-43-27-14-12-25-41(43)42-26-13-15-28-44(42)45/h3-29,35,45-48,50,59H,30-31,33-34H2,1-2H3,(H,56,62)(H,57,64)(H,58,63)(H,60,61)/t46-,47-,48+,50-/m1/s1. The van der Waals surface area contributed by atoms with Crippen molar-refractivity contribution in [2.45, 2.75) is 61.6 Å². The van der Waals surface area contributed by atoms with Crippen LogP contribution in [0.1, 0.15) is 65.1 Å². The molecule has 0 spiro atoms. The number of fused-ring (bicyclic) bond motifs is 3. The molecule has 7 rings (SSSR count). The lowest BCUT2D eigenvalue weighted by molar-refractivity contribution is -0.140. The van der Waals surface area contributed by atoms with Crippen molar-refractivity contribution in [1.29, 1.82) is 5.26 Å². The predicted octanol–water partition coefficient (Wildman–Crippen LogP) is 8.19. The summed E-state index contributed by atoms with van der Waals surface area (Å²) in [7, 11) is 0. The Morgan fingerprint density at radius 3 is 1.71 bits per heavy atom. The normalized spacial score (nSPS) is 13.8. The first-order chi connectivity index (χ1) is 32.0. The van der Waals surface area contributed by atoms with Gasteiger partial charge in [-0.3, -0.25) is 14.4 Å². The molecule has 0 bridgehead atoms. The SMILES string of the molecule is CC(C)[C@@H](NC(=O)[C@@H](CSC(c1ccccc1)(c1ccccc1)c1ccccc1)NC(=O)[C@@H](Cc1cccc(C#N)c1)NC(=O)OCC1c2ccccc2-c2ccccc21)[C@@H](O)CC(=O)O. The molecule has 0 saturated heterocycles.